The summed E-state index contributed by atoms with van der Waals surface area (Å²) in [5, 5.41) is 11.9. The van der Waals surface area contributed by atoms with Crippen LogP contribution in [0.3, 0.4) is 0 Å². The van der Waals surface area contributed by atoms with E-state index >= 15 is 0 Å². The van der Waals surface area contributed by atoms with Gasteiger partial charge in [0.05, 0.1) is 12.7 Å². The highest BCUT2D eigenvalue weighted by atomic mass is 16.5. The van der Waals surface area contributed by atoms with Crippen molar-refractivity contribution in [1.29, 1.82) is 0 Å². The molecule has 2 N–H and O–H groups in total. The lowest BCUT2D eigenvalue weighted by Crippen LogP contribution is -2.28. The first-order valence-electron chi connectivity index (χ1n) is 14.0. The van der Waals surface area contributed by atoms with Gasteiger partial charge in [-0.05, 0) is 70.3 Å². The van der Waals surface area contributed by atoms with Gasteiger partial charge < -0.3 is 15.2 Å². The number of anilines is 1. The first-order valence-corrected chi connectivity index (χ1v) is 14.0. The van der Waals surface area contributed by atoms with Crippen LogP contribution in [0.25, 0.3) is 0 Å². The van der Waals surface area contributed by atoms with Crippen molar-refractivity contribution in [2.75, 3.05) is 11.9 Å². The minimum absolute atomic E-state index is 0.0604. The number of carbonyl (C=O) groups is 1. The molecule has 1 aliphatic heterocycles. The number of allylic oxidation sites excluding steroid dienone is 10. The molecule has 208 valence electrons. The van der Waals surface area contributed by atoms with Crippen LogP contribution in [0.4, 0.5) is 5.82 Å². The second-order valence-corrected chi connectivity index (χ2v) is 9.33. The quantitative estimate of drug-likeness (QED) is 0.168. The predicted molar refractivity (Wildman–Crippen MR) is 155 cm³/mol. The van der Waals surface area contributed by atoms with Crippen molar-refractivity contribution in [3.05, 3.63) is 83.5 Å². The van der Waals surface area contributed by atoms with E-state index in [-0.39, 0.29) is 24.4 Å². The van der Waals surface area contributed by atoms with E-state index in [4.69, 9.17) is 4.74 Å². The van der Waals surface area contributed by atoms with Gasteiger partial charge in [-0.3, -0.25) is 9.36 Å². The molecule has 0 spiro atoms. The molecule has 1 aromatic heterocycles. The number of hydrogen-bond acceptors (Lipinski definition) is 5. The number of rotatable bonds is 18. The lowest BCUT2D eigenvalue weighted by atomic mass is 10.1. The monoisotopic (exact) mass is 523 g/mol. The van der Waals surface area contributed by atoms with E-state index in [1.54, 1.807) is 12.3 Å². The molecule has 7 heteroatoms. The number of aliphatic hydroxyl groups excluding tert-OH is 1. The SMILES string of the molecule is CC/C=C\C/C=C\C/C=C\C/C=C\C/C=C\CCCCCC(=O)Nc1ccn([C@@H]2CC[C@@H](CO)O2)c(=O)n1. The number of nitrogens with zero attached hydrogens (tertiary/aromatic N) is 2. The van der Waals surface area contributed by atoms with E-state index in [9.17, 15) is 14.7 Å². The fraction of sp³-hybridized carbons (Fsp3) is 0.516. The molecule has 0 bridgehead atoms. The lowest BCUT2D eigenvalue weighted by Gasteiger charge is -2.15. The Morgan fingerprint density at radius 2 is 1.61 bits per heavy atom. The molecule has 38 heavy (non-hydrogen) atoms. The summed E-state index contributed by atoms with van der Waals surface area (Å²) in [4.78, 5) is 28.4. The van der Waals surface area contributed by atoms with Crippen molar-refractivity contribution < 1.29 is 14.6 Å². The Bertz CT molecular complexity index is 1010. The zero-order chi connectivity index (χ0) is 27.3. The molecule has 0 saturated carbocycles. The summed E-state index contributed by atoms with van der Waals surface area (Å²) in [6.45, 7) is 2.09. The van der Waals surface area contributed by atoms with Gasteiger partial charge in [0.2, 0.25) is 5.91 Å². The second-order valence-electron chi connectivity index (χ2n) is 9.33. The number of nitrogens with one attached hydrogen (secondary N) is 1. The summed E-state index contributed by atoms with van der Waals surface area (Å²) in [5.74, 6) is 0.119. The highest BCUT2D eigenvalue weighted by molar-refractivity contribution is 5.89. The highest BCUT2D eigenvalue weighted by Gasteiger charge is 2.26. The van der Waals surface area contributed by atoms with Gasteiger partial charge in [0.1, 0.15) is 12.0 Å². The average molecular weight is 524 g/mol. The number of aromatic nitrogens is 2. The summed E-state index contributed by atoms with van der Waals surface area (Å²) < 4.78 is 7.02. The lowest BCUT2D eigenvalue weighted by molar-refractivity contribution is -0.116. The van der Waals surface area contributed by atoms with Crippen LogP contribution >= 0.6 is 0 Å². The molecule has 2 atom stereocenters. The molecular formula is C31H45N3O4. The average Bonchev–Trinajstić information content (AvgIpc) is 3.39. The summed E-state index contributed by atoms with van der Waals surface area (Å²) in [5.41, 5.74) is -0.469. The van der Waals surface area contributed by atoms with E-state index in [1.165, 1.54) is 4.57 Å². The van der Waals surface area contributed by atoms with E-state index in [2.05, 4.69) is 78.0 Å². The van der Waals surface area contributed by atoms with E-state index < -0.39 is 11.9 Å². The second kappa shape index (κ2) is 20.0. The maximum absolute atomic E-state index is 12.3. The normalized spacial score (nSPS) is 18.3. The van der Waals surface area contributed by atoms with Gasteiger partial charge in [0, 0.05) is 12.6 Å². The van der Waals surface area contributed by atoms with Crippen molar-refractivity contribution in [1.82, 2.24) is 9.55 Å². The molecule has 1 aliphatic rings. The molecule has 0 radical (unpaired) electrons. The molecule has 2 rings (SSSR count). The Morgan fingerprint density at radius 1 is 0.974 bits per heavy atom. The minimum Gasteiger partial charge on any atom is -0.394 e. The maximum Gasteiger partial charge on any atom is 0.351 e. The van der Waals surface area contributed by atoms with Crippen LogP contribution in [0.2, 0.25) is 0 Å². The van der Waals surface area contributed by atoms with Crippen molar-refractivity contribution in [3.63, 3.8) is 0 Å². The maximum atomic E-state index is 12.3. The largest absolute Gasteiger partial charge is 0.394 e. The number of ether oxygens (including phenoxy) is 1. The number of amides is 1. The summed E-state index contributed by atoms with van der Waals surface area (Å²) >= 11 is 0. The van der Waals surface area contributed by atoms with Crippen LogP contribution in [0.15, 0.2) is 77.8 Å². The van der Waals surface area contributed by atoms with Crippen LogP contribution in [-0.4, -0.2) is 33.3 Å². The summed E-state index contributed by atoms with van der Waals surface area (Å²) in [6.07, 6.45) is 33.5. The van der Waals surface area contributed by atoms with E-state index in [0.717, 1.165) is 57.8 Å². The Morgan fingerprint density at radius 3 is 2.18 bits per heavy atom. The molecule has 7 nitrogen and oxygen atoms in total. The zero-order valence-corrected chi connectivity index (χ0v) is 22.8. The van der Waals surface area contributed by atoms with Gasteiger partial charge in [0.15, 0.2) is 0 Å². The van der Waals surface area contributed by atoms with Gasteiger partial charge in [-0.15, -0.1) is 0 Å². The first-order chi connectivity index (χ1) is 18.6. The highest BCUT2D eigenvalue weighted by Crippen LogP contribution is 2.26. The summed E-state index contributed by atoms with van der Waals surface area (Å²) in [7, 11) is 0. The Balaban J connectivity index is 1.49. The molecule has 1 saturated heterocycles. The zero-order valence-electron chi connectivity index (χ0n) is 22.8. The Labute approximate surface area is 227 Å². The van der Waals surface area contributed by atoms with Crippen LogP contribution in [0.5, 0.6) is 0 Å². The molecule has 1 aromatic rings. The van der Waals surface area contributed by atoms with E-state index in [0.29, 0.717) is 19.3 Å². The third kappa shape index (κ3) is 13.5. The Hall–Kier alpha value is -3.03. The molecule has 0 aromatic carbocycles. The number of aliphatic hydroxyl groups is 1. The van der Waals surface area contributed by atoms with Crippen molar-refractivity contribution in [2.45, 2.75) is 96.3 Å². The minimum atomic E-state index is -0.469. The van der Waals surface area contributed by atoms with Crippen LogP contribution in [0, 0.1) is 0 Å². The molecule has 2 heterocycles. The number of unbranched alkanes of at least 4 members (excludes halogenated alkanes) is 3. The first kappa shape index (κ1) is 31.2. The van der Waals surface area contributed by atoms with Crippen LogP contribution < -0.4 is 11.0 Å². The molecule has 0 unspecified atom stereocenters. The van der Waals surface area contributed by atoms with Crippen molar-refractivity contribution in [3.8, 4) is 0 Å². The molecule has 0 aliphatic carbocycles. The predicted octanol–water partition coefficient (Wildman–Crippen LogP) is 6.55. The molecular weight excluding hydrogens is 478 g/mol. The Kier molecular flexibility index (Phi) is 16.4. The van der Waals surface area contributed by atoms with Crippen molar-refractivity contribution in [2.24, 2.45) is 0 Å². The van der Waals surface area contributed by atoms with E-state index in [1.807, 2.05) is 0 Å². The third-order valence-corrected chi connectivity index (χ3v) is 6.13. The third-order valence-electron chi connectivity index (χ3n) is 6.13. The number of carbonyl (C=O) groups excluding carboxylic acids is 1. The fourth-order valence-electron chi connectivity index (χ4n) is 4.03. The van der Waals surface area contributed by atoms with Crippen LogP contribution in [0.1, 0.15) is 90.2 Å². The smallest absolute Gasteiger partial charge is 0.351 e. The molecule has 1 fully saturated rings. The topological polar surface area (TPSA) is 93.5 Å². The number of hydrogen-bond donors (Lipinski definition) is 2. The summed E-state index contributed by atoms with van der Waals surface area (Å²) in [6, 6.07) is 1.61. The molecule has 1 amide bonds. The van der Waals surface area contributed by atoms with Gasteiger partial charge >= 0.3 is 5.69 Å². The van der Waals surface area contributed by atoms with Gasteiger partial charge in [-0.25, -0.2) is 4.79 Å². The van der Waals surface area contributed by atoms with Crippen LogP contribution in [-0.2, 0) is 9.53 Å². The van der Waals surface area contributed by atoms with Gasteiger partial charge in [0.25, 0.3) is 0 Å². The fourth-order valence-corrected chi connectivity index (χ4v) is 4.03. The van der Waals surface area contributed by atoms with Gasteiger partial charge in [-0.2, -0.15) is 4.98 Å². The standard InChI is InChI=1S/C31H45N3O4/c1-2-3-4-5-6-7-8-9-10-11-12-13-14-15-16-17-18-19-20-21-29(36)32-28-24-25-34(31(37)33-28)30-23-22-27(26-35)38-30/h3-4,6-7,9-10,12-13,15-16,24-25,27,30,35H,2,5,8,11,14,17-23,26H2,1H3,(H,32,33,36,37)/b4-3-,7-6-,10-9-,13-12-,16-15-/t27-,30-/m0/s1. The van der Waals surface area contributed by atoms with Gasteiger partial charge in [-0.1, -0.05) is 74.1 Å². The van der Waals surface area contributed by atoms with Crippen molar-refractivity contribution >= 4 is 11.7 Å².